The Morgan fingerprint density at radius 1 is 1.57 bits per heavy atom. The van der Waals surface area contributed by atoms with E-state index in [1.54, 1.807) is 11.3 Å². The number of nitrogens with zero attached hydrogens (tertiary/aromatic N) is 1. The van der Waals surface area contributed by atoms with Crippen LogP contribution >= 0.6 is 11.3 Å². The number of carbonyl (C=O) groups excluding carboxylic acids is 1. The summed E-state index contributed by atoms with van der Waals surface area (Å²) in [5, 5.41) is 3.09. The molecule has 116 valence electrons. The molecule has 1 saturated carbocycles. The van der Waals surface area contributed by atoms with Crippen LogP contribution in [-0.4, -0.2) is 49.2 Å². The molecule has 3 rings (SSSR count). The predicted molar refractivity (Wildman–Crippen MR) is 83.3 cm³/mol. The number of hydrogen-bond donors (Lipinski definition) is 2. The summed E-state index contributed by atoms with van der Waals surface area (Å²) in [7, 11) is 0. The minimum atomic E-state index is -0.227. The maximum Gasteiger partial charge on any atom is 0.239 e. The molecule has 0 bridgehead atoms. The second-order valence-electron chi connectivity index (χ2n) is 5.81. The standard InChI is InChI=1S/C15H23N3O2S/c1-10-2-5-14(21-10)12(8-16)18-6-7-20-9-13(18)15(19)17-11-3-4-11/h2,5,11-13H,3-4,6-9,16H2,1H3,(H,17,19). The van der Waals surface area contributed by atoms with Gasteiger partial charge in [-0.1, -0.05) is 0 Å². The molecule has 0 aromatic carbocycles. The average molecular weight is 309 g/mol. The smallest absolute Gasteiger partial charge is 0.239 e. The number of ether oxygens (including phenoxy) is 1. The molecule has 2 aliphatic rings. The summed E-state index contributed by atoms with van der Waals surface area (Å²) in [6, 6.07) is 4.49. The second kappa shape index (κ2) is 6.44. The van der Waals surface area contributed by atoms with Gasteiger partial charge in [-0.3, -0.25) is 9.69 Å². The summed E-state index contributed by atoms with van der Waals surface area (Å²) in [6.07, 6.45) is 2.20. The lowest BCUT2D eigenvalue weighted by molar-refractivity contribution is -0.134. The van der Waals surface area contributed by atoms with Crippen LogP contribution in [0.1, 0.15) is 28.6 Å². The van der Waals surface area contributed by atoms with Crippen LogP contribution in [0, 0.1) is 6.92 Å². The summed E-state index contributed by atoms with van der Waals surface area (Å²) in [4.78, 5) is 17.2. The third-order valence-electron chi connectivity index (χ3n) is 4.11. The Hall–Kier alpha value is -0.950. The molecule has 1 aliphatic carbocycles. The lowest BCUT2D eigenvalue weighted by Crippen LogP contribution is -2.56. The molecule has 1 saturated heterocycles. The fourth-order valence-electron chi connectivity index (χ4n) is 2.79. The summed E-state index contributed by atoms with van der Waals surface area (Å²) >= 11 is 1.76. The number of amides is 1. The zero-order chi connectivity index (χ0) is 14.8. The Kier molecular flexibility index (Phi) is 4.59. The number of nitrogens with two attached hydrogens (primary N) is 1. The largest absolute Gasteiger partial charge is 0.378 e. The highest BCUT2D eigenvalue weighted by Crippen LogP contribution is 2.30. The fourth-order valence-corrected chi connectivity index (χ4v) is 3.80. The van der Waals surface area contributed by atoms with Crippen molar-refractivity contribution in [3.8, 4) is 0 Å². The normalized spacial score (nSPS) is 24.8. The minimum absolute atomic E-state index is 0.0870. The summed E-state index contributed by atoms with van der Waals surface area (Å²) < 4.78 is 5.53. The zero-order valence-corrected chi connectivity index (χ0v) is 13.2. The predicted octanol–water partition coefficient (Wildman–Crippen LogP) is 1.04. The molecule has 0 spiro atoms. The Bertz CT molecular complexity index is 501. The van der Waals surface area contributed by atoms with E-state index in [9.17, 15) is 4.79 Å². The van der Waals surface area contributed by atoms with E-state index in [0.29, 0.717) is 25.8 Å². The molecule has 5 nitrogen and oxygen atoms in total. The van der Waals surface area contributed by atoms with Crippen molar-refractivity contribution < 1.29 is 9.53 Å². The molecule has 6 heteroatoms. The first-order valence-corrected chi connectivity index (χ1v) is 8.41. The Morgan fingerprint density at radius 2 is 2.38 bits per heavy atom. The van der Waals surface area contributed by atoms with E-state index in [2.05, 4.69) is 29.3 Å². The van der Waals surface area contributed by atoms with Crippen LogP contribution in [0.5, 0.6) is 0 Å². The maximum atomic E-state index is 12.4. The molecule has 2 fully saturated rings. The number of rotatable bonds is 5. The van der Waals surface area contributed by atoms with E-state index in [-0.39, 0.29) is 18.0 Å². The number of morpholine rings is 1. The van der Waals surface area contributed by atoms with Gasteiger partial charge in [-0.25, -0.2) is 0 Å². The molecule has 2 unspecified atom stereocenters. The van der Waals surface area contributed by atoms with E-state index in [4.69, 9.17) is 10.5 Å². The van der Waals surface area contributed by atoms with Crippen molar-refractivity contribution in [3.05, 3.63) is 21.9 Å². The van der Waals surface area contributed by atoms with Crippen LogP contribution in [0.2, 0.25) is 0 Å². The number of carbonyl (C=O) groups is 1. The molecule has 1 aromatic heterocycles. The molecular formula is C15H23N3O2S. The lowest BCUT2D eigenvalue weighted by Gasteiger charge is -2.39. The van der Waals surface area contributed by atoms with Gasteiger partial charge in [-0.2, -0.15) is 0 Å². The third-order valence-corrected chi connectivity index (χ3v) is 5.21. The van der Waals surface area contributed by atoms with Gasteiger partial charge in [0.1, 0.15) is 6.04 Å². The van der Waals surface area contributed by atoms with Gasteiger partial charge in [0.2, 0.25) is 5.91 Å². The fraction of sp³-hybridized carbons (Fsp3) is 0.667. The molecule has 1 aliphatic heterocycles. The number of thiophene rings is 1. The maximum absolute atomic E-state index is 12.4. The molecule has 0 radical (unpaired) electrons. The van der Waals surface area contributed by atoms with Gasteiger partial charge >= 0.3 is 0 Å². The molecular weight excluding hydrogens is 286 g/mol. The third kappa shape index (κ3) is 3.45. The zero-order valence-electron chi connectivity index (χ0n) is 12.4. The van der Waals surface area contributed by atoms with Crippen LogP contribution < -0.4 is 11.1 Å². The van der Waals surface area contributed by atoms with Crippen LogP contribution in [0.15, 0.2) is 12.1 Å². The monoisotopic (exact) mass is 309 g/mol. The Balaban J connectivity index is 1.76. The highest BCUT2D eigenvalue weighted by molar-refractivity contribution is 7.12. The van der Waals surface area contributed by atoms with Gasteiger partial charge in [0, 0.05) is 28.9 Å². The van der Waals surface area contributed by atoms with Gasteiger partial charge < -0.3 is 15.8 Å². The first-order valence-electron chi connectivity index (χ1n) is 7.59. The van der Waals surface area contributed by atoms with Crippen LogP contribution in [0.3, 0.4) is 0 Å². The second-order valence-corrected chi connectivity index (χ2v) is 7.13. The van der Waals surface area contributed by atoms with Crippen molar-refractivity contribution >= 4 is 17.2 Å². The Labute approximate surface area is 129 Å². The van der Waals surface area contributed by atoms with Gasteiger partial charge in [-0.15, -0.1) is 11.3 Å². The SMILES string of the molecule is Cc1ccc(C(CN)N2CCOCC2C(=O)NC2CC2)s1. The van der Waals surface area contributed by atoms with Crippen molar-refractivity contribution in [2.24, 2.45) is 5.73 Å². The highest BCUT2D eigenvalue weighted by atomic mass is 32.1. The van der Waals surface area contributed by atoms with Crippen molar-refractivity contribution in [1.82, 2.24) is 10.2 Å². The van der Waals surface area contributed by atoms with Crippen molar-refractivity contribution in [2.75, 3.05) is 26.3 Å². The first kappa shape index (κ1) is 15.0. The molecule has 21 heavy (non-hydrogen) atoms. The van der Waals surface area contributed by atoms with Gasteiger partial charge in [0.25, 0.3) is 0 Å². The van der Waals surface area contributed by atoms with Crippen molar-refractivity contribution in [3.63, 3.8) is 0 Å². The van der Waals surface area contributed by atoms with Crippen LogP contribution in [0.25, 0.3) is 0 Å². The molecule has 1 amide bonds. The summed E-state index contributed by atoms with van der Waals surface area (Å²) in [5.74, 6) is 0.0870. The van der Waals surface area contributed by atoms with E-state index in [1.807, 2.05) is 0 Å². The van der Waals surface area contributed by atoms with Crippen LogP contribution in [0.4, 0.5) is 0 Å². The van der Waals surface area contributed by atoms with Gasteiger partial charge in [0.05, 0.1) is 19.3 Å². The lowest BCUT2D eigenvalue weighted by atomic mass is 10.1. The van der Waals surface area contributed by atoms with E-state index >= 15 is 0 Å². The summed E-state index contributed by atoms with van der Waals surface area (Å²) in [5.41, 5.74) is 6.01. The van der Waals surface area contributed by atoms with Crippen molar-refractivity contribution in [1.29, 1.82) is 0 Å². The minimum Gasteiger partial charge on any atom is -0.378 e. The van der Waals surface area contributed by atoms with E-state index < -0.39 is 0 Å². The number of aryl methyl sites for hydroxylation is 1. The van der Waals surface area contributed by atoms with Crippen LogP contribution in [-0.2, 0) is 9.53 Å². The quantitative estimate of drug-likeness (QED) is 0.853. The van der Waals surface area contributed by atoms with Crippen molar-refractivity contribution in [2.45, 2.75) is 37.9 Å². The number of hydrogen-bond acceptors (Lipinski definition) is 5. The van der Waals surface area contributed by atoms with E-state index in [0.717, 1.165) is 19.4 Å². The first-order chi connectivity index (χ1) is 10.2. The molecule has 3 N–H and O–H groups in total. The average Bonchev–Trinajstić information content (AvgIpc) is 3.20. The molecule has 2 heterocycles. The Morgan fingerprint density at radius 3 is 3.00 bits per heavy atom. The molecule has 1 aromatic rings. The summed E-state index contributed by atoms with van der Waals surface area (Å²) in [6.45, 7) is 4.49. The topological polar surface area (TPSA) is 67.6 Å². The van der Waals surface area contributed by atoms with Gasteiger partial charge in [0.15, 0.2) is 0 Å². The number of nitrogens with one attached hydrogen (secondary N) is 1. The highest BCUT2D eigenvalue weighted by Gasteiger charge is 2.36. The van der Waals surface area contributed by atoms with E-state index in [1.165, 1.54) is 9.75 Å². The molecule has 2 atom stereocenters. The van der Waals surface area contributed by atoms with Gasteiger partial charge in [-0.05, 0) is 31.9 Å².